The Bertz CT molecular complexity index is 2110. The molecule has 9 rings (SSSR count). The van der Waals surface area contributed by atoms with Crippen LogP contribution in [0.5, 0.6) is 0 Å². The minimum atomic E-state index is -0.536. The maximum atomic E-state index is 13.3. The summed E-state index contributed by atoms with van der Waals surface area (Å²) in [5.74, 6) is 4.99. The van der Waals surface area contributed by atoms with Crippen molar-refractivity contribution in [3.8, 4) is 0 Å². The van der Waals surface area contributed by atoms with Gasteiger partial charge in [0.1, 0.15) is 12.7 Å². The van der Waals surface area contributed by atoms with Crippen molar-refractivity contribution in [2.24, 2.45) is 46.3 Å². The summed E-state index contributed by atoms with van der Waals surface area (Å²) in [7, 11) is 0. The Labute approximate surface area is 310 Å². The second kappa shape index (κ2) is 13.1. The summed E-state index contributed by atoms with van der Waals surface area (Å²) in [6.45, 7) is 12.8. The lowest BCUT2D eigenvalue weighted by molar-refractivity contribution is -0.0620. The number of ether oxygens (including phenoxy) is 2. The van der Waals surface area contributed by atoms with Gasteiger partial charge in [0.25, 0.3) is 0 Å². The van der Waals surface area contributed by atoms with E-state index in [0.717, 1.165) is 65.7 Å². The molecule has 5 aromatic carbocycles. The Kier molecular flexibility index (Phi) is 8.59. The van der Waals surface area contributed by atoms with Crippen molar-refractivity contribution in [3.05, 3.63) is 83.9 Å². The third kappa shape index (κ3) is 5.46. The molecular formula is C49H58O3. The molecule has 3 heteroatoms. The molecule has 4 aliphatic carbocycles. The van der Waals surface area contributed by atoms with Crippen molar-refractivity contribution in [2.75, 3.05) is 0 Å². The van der Waals surface area contributed by atoms with Crippen LogP contribution >= 0.6 is 0 Å². The predicted molar refractivity (Wildman–Crippen MR) is 216 cm³/mol. The Morgan fingerprint density at radius 2 is 1.48 bits per heavy atom. The van der Waals surface area contributed by atoms with Crippen LogP contribution in [-0.2, 0) is 16.1 Å². The van der Waals surface area contributed by atoms with Gasteiger partial charge in [-0.05, 0) is 140 Å². The third-order valence-electron chi connectivity index (χ3n) is 15.5. The van der Waals surface area contributed by atoms with Crippen LogP contribution in [0.15, 0.2) is 78.4 Å². The number of benzene rings is 5. The summed E-state index contributed by atoms with van der Waals surface area (Å²) < 4.78 is 12.0. The summed E-state index contributed by atoms with van der Waals surface area (Å²) in [5.41, 5.74) is 3.32. The van der Waals surface area contributed by atoms with Gasteiger partial charge in [0, 0.05) is 6.42 Å². The third-order valence-corrected chi connectivity index (χ3v) is 15.5. The van der Waals surface area contributed by atoms with Crippen molar-refractivity contribution in [3.63, 3.8) is 0 Å². The minimum Gasteiger partial charge on any atom is -0.431 e. The Morgan fingerprint density at radius 3 is 2.25 bits per heavy atom. The van der Waals surface area contributed by atoms with Crippen molar-refractivity contribution in [2.45, 2.75) is 118 Å². The van der Waals surface area contributed by atoms with Crippen LogP contribution in [0.2, 0.25) is 0 Å². The number of fused-ring (bicyclic) bond motifs is 7. The van der Waals surface area contributed by atoms with Crippen molar-refractivity contribution in [1.29, 1.82) is 0 Å². The van der Waals surface area contributed by atoms with Gasteiger partial charge in [-0.3, -0.25) is 0 Å². The fourth-order valence-corrected chi connectivity index (χ4v) is 12.9. The smallest absolute Gasteiger partial charge is 0.431 e. The highest BCUT2D eigenvalue weighted by molar-refractivity contribution is 6.33. The van der Waals surface area contributed by atoms with E-state index in [4.69, 9.17) is 9.47 Å². The summed E-state index contributed by atoms with van der Waals surface area (Å²) in [5, 5.41) is 10.00. The Hall–Kier alpha value is -3.59. The molecule has 5 aromatic rings. The Balaban J connectivity index is 0.866. The lowest BCUT2D eigenvalue weighted by Gasteiger charge is -2.58. The zero-order chi connectivity index (χ0) is 35.8. The highest BCUT2D eigenvalue weighted by Gasteiger charge is 2.59. The van der Waals surface area contributed by atoms with Crippen LogP contribution in [0.3, 0.4) is 0 Å². The number of rotatable bonds is 8. The van der Waals surface area contributed by atoms with Gasteiger partial charge in [-0.1, -0.05) is 132 Å². The summed E-state index contributed by atoms with van der Waals surface area (Å²) >= 11 is 0. The summed E-state index contributed by atoms with van der Waals surface area (Å²) in [6.07, 6.45) is 15.9. The molecule has 0 bridgehead atoms. The molecule has 0 saturated heterocycles. The average Bonchev–Trinajstić information content (AvgIpc) is 3.50. The molecule has 272 valence electrons. The molecule has 1 unspecified atom stereocenters. The van der Waals surface area contributed by atoms with E-state index in [1.54, 1.807) is 5.57 Å². The van der Waals surface area contributed by atoms with Gasteiger partial charge in [-0.15, -0.1) is 0 Å². The first-order valence-electron chi connectivity index (χ1n) is 20.8. The van der Waals surface area contributed by atoms with Crippen LogP contribution < -0.4 is 0 Å². The van der Waals surface area contributed by atoms with Crippen LogP contribution in [0.1, 0.15) is 111 Å². The molecule has 0 heterocycles. The molecule has 8 atom stereocenters. The zero-order valence-electron chi connectivity index (χ0n) is 32.2. The average molecular weight is 695 g/mol. The fourth-order valence-electron chi connectivity index (χ4n) is 12.9. The van der Waals surface area contributed by atoms with Gasteiger partial charge in [0.05, 0.1) is 0 Å². The van der Waals surface area contributed by atoms with E-state index in [0.29, 0.717) is 5.41 Å². The number of carbonyl (C=O) groups is 1. The van der Waals surface area contributed by atoms with Crippen LogP contribution in [0.4, 0.5) is 4.79 Å². The molecule has 4 aliphatic rings. The maximum Gasteiger partial charge on any atom is 0.508 e. The predicted octanol–water partition coefficient (Wildman–Crippen LogP) is 13.8. The van der Waals surface area contributed by atoms with Gasteiger partial charge in [-0.25, -0.2) is 4.79 Å². The molecule has 0 radical (unpaired) electrons. The number of carbonyl (C=O) groups excluding carboxylic acids is 1. The number of allylic oxidation sites excluding steroid dienone is 1. The van der Waals surface area contributed by atoms with E-state index in [-0.39, 0.29) is 18.1 Å². The molecule has 3 nitrogen and oxygen atoms in total. The van der Waals surface area contributed by atoms with Gasteiger partial charge >= 0.3 is 6.16 Å². The van der Waals surface area contributed by atoms with Crippen molar-refractivity contribution >= 4 is 49.2 Å². The van der Waals surface area contributed by atoms with Crippen molar-refractivity contribution < 1.29 is 14.3 Å². The topological polar surface area (TPSA) is 35.5 Å². The summed E-state index contributed by atoms with van der Waals surface area (Å²) in [4.78, 5) is 13.3. The molecule has 52 heavy (non-hydrogen) atoms. The molecule has 0 aliphatic heterocycles. The monoisotopic (exact) mass is 694 g/mol. The molecule has 3 fully saturated rings. The van der Waals surface area contributed by atoms with Gasteiger partial charge < -0.3 is 9.47 Å². The van der Waals surface area contributed by atoms with Gasteiger partial charge in [0.2, 0.25) is 0 Å². The Morgan fingerprint density at radius 1 is 0.769 bits per heavy atom. The van der Waals surface area contributed by atoms with Crippen molar-refractivity contribution in [1.82, 2.24) is 0 Å². The second-order valence-electron chi connectivity index (χ2n) is 18.5. The van der Waals surface area contributed by atoms with E-state index >= 15 is 0 Å². The second-order valence-corrected chi connectivity index (χ2v) is 18.5. The number of hydrogen-bond acceptors (Lipinski definition) is 3. The quantitative estimate of drug-likeness (QED) is 0.0702. The van der Waals surface area contributed by atoms with Gasteiger partial charge in [0.15, 0.2) is 0 Å². The van der Waals surface area contributed by atoms with E-state index in [9.17, 15) is 4.79 Å². The first-order valence-corrected chi connectivity index (χ1v) is 20.8. The highest BCUT2D eigenvalue weighted by Crippen LogP contribution is 2.67. The standard InChI is InChI=1S/C49H58O3/c1-30(2)10-6-11-31(3)42-22-23-43-41-21-19-34-28-35(24-26-48(34,4)44(41)25-27-49(42,43)5)52-47(50)51-29-33-18-20-40-38-16-8-13-32-12-7-15-37(45(32)38)39-17-9-14-36(33)46(39)40/h7-9,12-20,30-31,35,41-44H,6,10-11,21-29H2,1-5H3/t31-,35?,41+,42-,43+,44+,48+,49-/m1/s1. The van der Waals surface area contributed by atoms with E-state index in [1.165, 1.54) is 89.1 Å². The first-order chi connectivity index (χ1) is 25.2. The normalized spacial score (nSPS) is 30.7. The van der Waals surface area contributed by atoms with E-state index < -0.39 is 6.16 Å². The van der Waals surface area contributed by atoms with Crippen LogP contribution in [-0.4, -0.2) is 12.3 Å². The van der Waals surface area contributed by atoms with Crippen LogP contribution in [0.25, 0.3) is 43.1 Å². The molecule has 0 spiro atoms. The SMILES string of the molecule is CC(C)CCC[C@@H](C)[C@H]1CC[C@H]2[C@@H]3CC=C4CC(OC(=O)OCc5ccc6c7cccc8cccc(c9cccc5c96)c87)CC[C@]4(C)[C@H]3CC[C@]12C. The van der Waals surface area contributed by atoms with E-state index in [1.807, 2.05) is 0 Å². The highest BCUT2D eigenvalue weighted by atomic mass is 16.7. The fraction of sp³-hybridized carbons (Fsp3) is 0.531. The summed E-state index contributed by atoms with van der Waals surface area (Å²) in [6, 6.07) is 24.0. The first kappa shape index (κ1) is 34.2. The molecule has 3 saturated carbocycles. The van der Waals surface area contributed by atoms with E-state index in [2.05, 4.69) is 107 Å². The molecule has 0 amide bonds. The largest absolute Gasteiger partial charge is 0.508 e. The maximum absolute atomic E-state index is 13.3. The lowest BCUT2D eigenvalue weighted by atomic mass is 9.47. The minimum absolute atomic E-state index is 0.104. The van der Waals surface area contributed by atoms with Gasteiger partial charge in [-0.2, -0.15) is 0 Å². The van der Waals surface area contributed by atoms with Crippen LogP contribution in [0, 0.1) is 46.3 Å². The molecule has 0 aromatic heterocycles. The lowest BCUT2D eigenvalue weighted by Crippen LogP contribution is -2.51. The number of hydrogen-bond donors (Lipinski definition) is 0. The molecular weight excluding hydrogens is 637 g/mol. The zero-order valence-corrected chi connectivity index (χ0v) is 32.2. The molecule has 0 N–H and O–H groups in total.